The van der Waals surface area contributed by atoms with Crippen molar-refractivity contribution in [1.29, 1.82) is 0 Å². The van der Waals surface area contributed by atoms with Gasteiger partial charge in [0.05, 0.1) is 19.8 Å². The minimum atomic E-state index is -0.412. The van der Waals surface area contributed by atoms with Crippen LogP contribution in [0.15, 0.2) is 9.59 Å². The summed E-state index contributed by atoms with van der Waals surface area (Å²) in [6.45, 7) is 5.18. The summed E-state index contributed by atoms with van der Waals surface area (Å²) < 4.78 is 8.82. The van der Waals surface area contributed by atoms with Gasteiger partial charge in [-0.2, -0.15) is 0 Å². The topological polar surface area (TPSA) is 105 Å². The zero-order valence-electron chi connectivity index (χ0n) is 15.4. The number of hydrogen-bond acceptors (Lipinski definition) is 6. The van der Waals surface area contributed by atoms with Gasteiger partial charge in [-0.15, -0.1) is 0 Å². The molecular formula is C17H27N5O4. The molecule has 2 aromatic heterocycles. The van der Waals surface area contributed by atoms with E-state index in [1.807, 2.05) is 0 Å². The van der Waals surface area contributed by atoms with E-state index < -0.39 is 11.2 Å². The first-order chi connectivity index (χ1) is 12.6. The molecule has 0 amide bonds. The number of morpholine rings is 1. The number of hydrogen-bond donors (Lipinski definition) is 2. The average molecular weight is 365 g/mol. The number of aromatic amines is 1. The molecule has 0 aliphatic carbocycles. The lowest BCUT2D eigenvalue weighted by Crippen LogP contribution is -2.45. The molecule has 0 aromatic carbocycles. The Morgan fingerprint density at radius 2 is 2.19 bits per heavy atom. The second-order valence-corrected chi connectivity index (χ2v) is 6.74. The number of aromatic nitrogens is 4. The predicted molar refractivity (Wildman–Crippen MR) is 97.2 cm³/mol. The number of fused-ring (bicyclic) bond motifs is 1. The SMILES string of the molecule is CCCCn1c(=O)[nH]c(=O)c2c1nc(CN1CCOC[C@H]1CCO)n2C. The molecule has 3 heterocycles. The summed E-state index contributed by atoms with van der Waals surface area (Å²) in [5.74, 6) is 0.728. The number of nitrogens with zero attached hydrogens (tertiary/aromatic N) is 4. The quantitative estimate of drug-likeness (QED) is 0.704. The van der Waals surface area contributed by atoms with Gasteiger partial charge < -0.3 is 14.4 Å². The van der Waals surface area contributed by atoms with Crippen LogP contribution in [0.1, 0.15) is 32.0 Å². The Labute approximate surface area is 151 Å². The van der Waals surface area contributed by atoms with Crippen LogP contribution in [0, 0.1) is 0 Å². The van der Waals surface area contributed by atoms with Crippen molar-refractivity contribution in [2.75, 3.05) is 26.4 Å². The van der Waals surface area contributed by atoms with Gasteiger partial charge in [0.15, 0.2) is 11.2 Å². The van der Waals surface area contributed by atoms with Crippen molar-refractivity contribution in [3.63, 3.8) is 0 Å². The molecule has 0 saturated carbocycles. The number of aliphatic hydroxyl groups excluding tert-OH is 1. The van der Waals surface area contributed by atoms with Gasteiger partial charge >= 0.3 is 5.69 Å². The maximum absolute atomic E-state index is 12.3. The van der Waals surface area contributed by atoms with Crippen molar-refractivity contribution in [2.24, 2.45) is 7.05 Å². The minimum absolute atomic E-state index is 0.100. The standard InChI is InChI=1S/C17H27N5O4/c1-3-4-6-22-15-14(16(24)19-17(22)25)20(2)13(18-15)10-21-7-9-26-11-12(21)5-8-23/h12,23H,3-11H2,1-2H3,(H,19,24,25)/t12-/m1/s1. The van der Waals surface area contributed by atoms with Crippen molar-refractivity contribution in [3.05, 3.63) is 26.7 Å². The lowest BCUT2D eigenvalue weighted by molar-refractivity contribution is -0.0208. The highest BCUT2D eigenvalue weighted by Gasteiger charge is 2.25. The molecule has 3 rings (SSSR count). The molecule has 0 radical (unpaired) electrons. The van der Waals surface area contributed by atoms with E-state index in [4.69, 9.17) is 4.74 Å². The molecule has 2 N–H and O–H groups in total. The first-order valence-corrected chi connectivity index (χ1v) is 9.17. The van der Waals surface area contributed by atoms with E-state index in [1.54, 1.807) is 16.2 Å². The van der Waals surface area contributed by atoms with E-state index in [0.717, 1.165) is 25.2 Å². The van der Waals surface area contributed by atoms with E-state index in [1.165, 1.54) is 0 Å². The molecule has 1 aliphatic heterocycles. The molecule has 144 valence electrons. The molecule has 2 aromatic rings. The highest BCUT2D eigenvalue weighted by atomic mass is 16.5. The van der Waals surface area contributed by atoms with Crippen molar-refractivity contribution < 1.29 is 9.84 Å². The maximum atomic E-state index is 12.3. The van der Waals surface area contributed by atoms with Crippen molar-refractivity contribution >= 4 is 11.2 Å². The summed E-state index contributed by atoms with van der Waals surface area (Å²) in [7, 11) is 1.80. The Bertz CT molecular complexity index is 866. The monoisotopic (exact) mass is 365 g/mol. The van der Waals surface area contributed by atoms with Crippen LogP contribution in [0.25, 0.3) is 11.2 Å². The molecule has 1 saturated heterocycles. The van der Waals surface area contributed by atoms with Crippen LogP contribution in [0.5, 0.6) is 0 Å². The van der Waals surface area contributed by atoms with Gasteiger partial charge in [-0.3, -0.25) is 19.2 Å². The average Bonchev–Trinajstić information content (AvgIpc) is 2.93. The summed E-state index contributed by atoms with van der Waals surface area (Å²) in [5, 5.41) is 9.27. The molecule has 1 fully saturated rings. The molecule has 0 bridgehead atoms. The van der Waals surface area contributed by atoms with Gasteiger partial charge in [-0.05, 0) is 12.8 Å². The minimum Gasteiger partial charge on any atom is -0.396 e. The highest BCUT2D eigenvalue weighted by Crippen LogP contribution is 2.17. The molecule has 9 heteroatoms. The summed E-state index contributed by atoms with van der Waals surface area (Å²) >= 11 is 0. The van der Waals surface area contributed by atoms with Gasteiger partial charge in [0.2, 0.25) is 0 Å². The first kappa shape index (κ1) is 18.8. The van der Waals surface area contributed by atoms with Crippen LogP contribution in [0.4, 0.5) is 0 Å². The molecule has 0 spiro atoms. The third-order valence-electron chi connectivity index (χ3n) is 5.00. The van der Waals surface area contributed by atoms with Gasteiger partial charge in [0.1, 0.15) is 5.82 Å². The number of unbranched alkanes of at least 4 members (excludes halogenated alkanes) is 1. The summed E-state index contributed by atoms with van der Waals surface area (Å²) in [6.07, 6.45) is 2.42. The van der Waals surface area contributed by atoms with E-state index in [9.17, 15) is 14.7 Å². The Balaban J connectivity index is 1.99. The number of rotatable bonds is 7. The van der Waals surface area contributed by atoms with Crippen molar-refractivity contribution in [2.45, 2.75) is 45.3 Å². The van der Waals surface area contributed by atoms with Crippen LogP contribution < -0.4 is 11.2 Å². The molecule has 1 atom stereocenters. The van der Waals surface area contributed by atoms with Crippen LogP contribution >= 0.6 is 0 Å². The number of nitrogens with one attached hydrogen (secondary N) is 1. The van der Waals surface area contributed by atoms with Crippen LogP contribution in [-0.4, -0.2) is 61.5 Å². The third kappa shape index (κ3) is 3.60. The Hall–Kier alpha value is -1.97. The number of aryl methyl sites for hydroxylation is 2. The van der Waals surface area contributed by atoms with Crippen molar-refractivity contribution in [3.8, 4) is 0 Å². The van der Waals surface area contributed by atoms with Gasteiger partial charge in [-0.25, -0.2) is 9.78 Å². The van der Waals surface area contributed by atoms with Crippen molar-refractivity contribution in [1.82, 2.24) is 24.0 Å². The lowest BCUT2D eigenvalue weighted by atomic mass is 10.1. The largest absolute Gasteiger partial charge is 0.396 e. The van der Waals surface area contributed by atoms with E-state index in [0.29, 0.717) is 43.9 Å². The van der Waals surface area contributed by atoms with E-state index in [-0.39, 0.29) is 12.6 Å². The first-order valence-electron chi connectivity index (χ1n) is 9.17. The normalized spacial score (nSPS) is 18.7. The third-order valence-corrected chi connectivity index (χ3v) is 5.00. The van der Waals surface area contributed by atoms with E-state index in [2.05, 4.69) is 21.8 Å². The predicted octanol–water partition coefficient (Wildman–Crippen LogP) is -0.193. The molecular weight excluding hydrogens is 338 g/mol. The van der Waals surface area contributed by atoms with Gasteiger partial charge in [0.25, 0.3) is 5.56 Å². The fourth-order valence-corrected chi connectivity index (χ4v) is 3.45. The smallest absolute Gasteiger partial charge is 0.330 e. The highest BCUT2D eigenvalue weighted by molar-refractivity contribution is 5.70. The number of H-pyrrole nitrogens is 1. The molecule has 9 nitrogen and oxygen atoms in total. The number of imidazole rings is 1. The second kappa shape index (κ2) is 8.15. The number of aliphatic hydroxyl groups is 1. The summed E-state index contributed by atoms with van der Waals surface area (Å²) in [5.41, 5.74) is 0.0392. The zero-order chi connectivity index (χ0) is 18.7. The number of ether oxygens (including phenoxy) is 1. The Morgan fingerprint density at radius 1 is 1.38 bits per heavy atom. The fraction of sp³-hybridized carbons (Fsp3) is 0.706. The zero-order valence-corrected chi connectivity index (χ0v) is 15.4. The molecule has 26 heavy (non-hydrogen) atoms. The van der Waals surface area contributed by atoms with Gasteiger partial charge in [0, 0.05) is 32.8 Å². The summed E-state index contributed by atoms with van der Waals surface area (Å²) in [4.78, 5) is 33.8. The molecule has 1 aliphatic rings. The Kier molecular flexibility index (Phi) is 5.90. The van der Waals surface area contributed by atoms with Crippen LogP contribution in [-0.2, 0) is 24.9 Å². The summed E-state index contributed by atoms with van der Waals surface area (Å²) in [6, 6.07) is 0.120. The van der Waals surface area contributed by atoms with Crippen LogP contribution in [0.2, 0.25) is 0 Å². The lowest BCUT2D eigenvalue weighted by Gasteiger charge is -2.34. The van der Waals surface area contributed by atoms with Crippen LogP contribution in [0.3, 0.4) is 0 Å². The Morgan fingerprint density at radius 3 is 2.92 bits per heavy atom. The second-order valence-electron chi connectivity index (χ2n) is 6.74. The van der Waals surface area contributed by atoms with Gasteiger partial charge in [-0.1, -0.05) is 13.3 Å². The molecule has 0 unspecified atom stereocenters. The fourth-order valence-electron chi connectivity index (χ4n) is 3.45. The maximum Gasteiger partial charge on any atom is 0.330 e. The van der Waals surface area contributed by atoms with E-state index >= 15 is 0 Å².